The van der Waals surface area contributed by atoms with Crippen molar-refractivity contribution >= 4 is 37.5 Å². The number of nitrogens with one attached hydrogen (secondary N) is 2. The van der Waals surface area contributed by atoms with E-state index in [9.17, 15) is 13.5 Å². The molecule has 0 fully saturated rings. The molecule has 0 radical (unpaired) electrons. The van der Waals surface area contributed by atoms with Crippen LogP contribution in [0.4, 0.5) is 5.69 Å². The summed E-state index contributed by atoms with van der Waals surface area (Å²) in [6.45, 7) is 1.86. The molecule has 0 spiro atoms. The predicted molar refractivity (Wildman–Crippen MR) is 159 cm³/mol. The molecule has 8 nitrogen and oxygen atoms in total. The minimum absolute atomic E-state index is 0.290. The van der Waals surface area contributed by atoms with Crippen LogP contribution in [-0.2, 0) is 16.6 Å². The molecule has 1 aromatic heterocycles. The summed E-state index contributed by atoms with van der Waals surface area (Å²) < 4.78 is 37.6. The summed E-state index contributed by atoms with van der Waals surface area (Å²) in [7, 11) is -1.94. The standard InChI is InChI=1S/C31H33N3O5S/c1-38-31-15-12-23(33-40(2,36)37)18-27(31)30(35)21-34(20-22-8-4-3-5-9-22)16-17-39-24-13-14-26-25-10-6-7-11-28(25)32-29(26)19-24/h3-15,18-19,30,32-33,35H,16-17,20-21H2,1-2H3. The number of aromatic amines is 1. The third-order valence-corrected chi connectivity index (χ3v) is 7.33. The molecule has 0 amide bonds. The van der Waals surface area contributed by atoms with E-state index in [4.69, 9.17) is 9.47 Å². The van der Waals surface area contributed by atoms with Crippen molar-refractivity contribution in [3.63, 3.8) is 0 Å². The molecule has 5 aromatic rings. The van der Waals surface area contributed by atoms with Crippen LogP contribution < -0.4 is 14.2 Å². The zero-order chi connectivity index (χ0) is 28.1. The van der Waals surface area contributed by atoms with E-state index >= 15 is 0 Å². The number of hydrogen-bond donors (Lipinski definition) is 3. The fraction of sp³-hybridized carbons (Fsp3) is 0.226. The van der Waals surface area contributed by atoms with Crippen molar-refractivity contribution in [2.24, 2.45) is 0 Å². The normalized spacial score (nSPS) is 12.6. The number of methoxy groups -OCH3 is 1. The second-order valence-electron chi connectivity index (χ2n) is 9.79. The van der Waals surface area contributed by atoms with Crippen LogP contribution in [0.2, 0.25) is 0 Å². The van der Waals surface area contributed by atoms with E-state index < -0.39 is 16.1 Å². The molecular formula is C31H33N3O5S. The van der Waals surface area contributed by atoms with Gasteiger partial charge < -0.3 is 19.6 Å². The fourth-order valence-electron chi connectivity index (χ4n) is 4.91. The smallest absolute Gasteiger partial charge is 0.229 e. The first kappa shape index (κ1) is 27.5. The maximum atomic E-state index is 11.7. The molecule has 1 unspecified atom stereocenters. The molecule has 0 bridgehead atoms. The van der Waals surface area contributed by atoms with Gasteiger partial charge in [-0.2, -0.15) is 0 Å². The average Bonchev–Trinajstić information content (AvgIpc) is 3.30. The molecule has 208 valence electrons. The Morgan fingerprint density at radius 2 is 1.68 bits per heavy atom. The van der Waals surface area contributed by atoms with Gasteiger partial charge in [-0.05, 0) is 42.0 Å². The van der Waals surface area contributed by atoms with E-state index in [1.807, 2.05) is 54.6 Å². The lowest BCUT2D eigenvalue weighted by molar-refractivity contribution is 0.0967. The van der Waals surface area contributed by atoms with Crippen molar-refractivity contribution in [1.82, 2.24) is 9.88 Å². The summed E-state index contributed by atoms with van der Waals surface area (Å²) in [6, 6.07) is 29.2. The number of aromatic nitrogens is 1. The molecule has 0 saturated carbocycles. The number of sulfonamides is 1. The van der Waals surface area contributed by atoms with E-state index in [1.165, 1.54) is 12.5 Å². The van der Waals surface area contributed by atoms with Gasteiger partial charge in [0, 0.05) is 53.2 Å². The number of aliphatic hydroxyl groups excluding tert-OH is 1. The number of rotatable bonds is 12. The van der Waals surface area contributed by atoms with Gasteiger partial charge in [0.2, 0.25) is 10.0 Å². The second-order valence-corrected chi connectivity index (χ2v) is 11.5. The number of hydrogen-bond acceptors (Lipinski definition) is 6. The highest BCUT2D eigenvalue weighted by molar-refractivity contribution is 7.92. The number of fused-ring (bicyclic) bond motifs is 3. The molecular weight excluding hydrogens is 526 g/mol. The van der Waals surface area contributed by atoms with E-state index in [2.05, 4.69) is 32.8 Å². The van der Waals surface area contributed by atoms with Crippen molar-refractivity contribution in [2.45, 2.75) is 12.6 Å². The molecule has 9 heteroatoms. The van der Waals surface area contributed by atoms with Gasteiger partial charge in [-0.1, -0.05) is 48.5 Å². The fourth-order valence-corrected chi connectivity index (χ4v) is 5.46. The molecule has 3 N–H and O–H groups in total. The molecule has 0 aliphatic carbocycles. The van der Waals surface area contributed by atoms with E-state index in [0.29, 0.717) is 36.7 Å². The van der Waals surface area contributed by atoms with Crippen LogP contribution in [0.5, 0.6) is 11.5 Å². The Morgan fingerprint density at radius 1 is 0.925 bits per heavy atom. The summed E-state index contributed by atoms with van der Waals surface area (Å²) in [4.78, 5) is 5.55. The molecule has 0 aliphatic rings. The summed E-state index contributed by atoms with van der Waals surface area (Å²) in [5.74, 6) is 1.24. The number of ether oxygens (including phenoxy) is 2. The number of aliphatic hydroxyl groups is 1. The minimum atomic E-state index is -3.46. The summed E-state index contributed by atoms with van der Waals surface area (Å²) in [6.07, 6.45) is 0.160. The van der Waals surface area contributed by atoms with E-state index in [1.54, 1.807) is 18.2 Å². The summed E-state index contributed by atoms with van der Waals surface area (Å²) in [5, 5.41) is 13.6. The van der Waals surface area contributed by atoms with Crippen molar-refractivity contribution < 1.29 is 23.0 Å². The van der Waals surface area contributed by atoms with Gasteiger partial charge in [0.15, 0.2) is 0 Å². The SMILES string of the molecule is COc1ccc(NS(C)(=O)=O)cc1C(O)CN(CCOc1ccc2c(c1)[nH]c1ccccc12)Cc1ccccc1. The first-order valence-electron chi connectivity index (χ1n) is 13.0. The van der Waals surface area contributed by atoms with Crippen molar-refractivity contribution in [3.05, 3.63) is 102 Å². The van der Waals surface area contributed by atoms with Crippen LogP contribution in [0, 0.1) is 0 Å². The minimum Gasteiger partial charge on any atom is -0.496 e. The van der Waals surface area contributed by atoms with Crippen LogP contribution >= 0.6 is 0 Å². The molecule has 1 heterocycles. The second kappa shape index (κ2) is 12.0. The lowest BCUT2D eigenvalue weighted by Crippen LogP contribution is -2.32. The molecule has 5 rings (SSSR count). The van der Waals surface area contributed by atoms with E-state index in [0.717, 1.165) is 34.0 Å². The van der Waals surface area contributed by atoms with Gasteiger partial charge in [-0.3, -0.25) is 9.62 Å². The Labute approximate surface area is 234 Å². The van der Waals surface area contributed by atoms with Crippen LogP contribution in [0.15, 0.2) is 91.0 Å². The molecule has 0 aliphatic heterocycles. The Kier molecular flexibility index (Phi) is 8.25. The highest BCUT2D eigenvalue weighted by Gasteiger charge is 2.19. The van der Waals surface area contributed by atoms with Gasteiger partial charge in [-0.25, -0.2) is 8.42 Å². The van der Waals surface area contributed by atoms with Crippen LogP contribution in [-0.4, -0.2) is 56.5 Å². The Balaban J connectivity index is 1.31. The highest BCUT2D eigenvalue weighted by atomic mass is 32.2. The zero-order valence-electron chi connectivity index (χ0n) is 22.5. The van der Waals surface area contributed by atoms with Crippen LogP contribution in [0.1, 0.15) is 17.2 Å². The maximum Gasteiger partial charge on any atom is 0.229 e. The third kappa shape index (κ3) is 6.74. The molecule has 1 atom stereocenters. The predicted octanol–water partition coefficient (Wildman–Crippen LogP) is 5.32. The van der Waals surface area contributed by atoms with E-state index in [-0.39, 0.29) is 6.54 Å². The van der Waals surface area contributed by atoms with Crippen molar-refractivity contribution in [1.29, 1.82) is 0 Å². The summed E-state index contributed by atoms with van der Waals surface area (Å²) >= 11 is 0. The lowest BCUT2D eigenvalue weighted by Gasteiger charge is -2.26. The number of H-pyrrole nitrogens is 1. The van der Waals surface area contributed by atoms with Gasteiger partial charge in [0.1, 0.15) is 18.1 Å². The summed E-state index contributed by atoms with van der Waals surface area (Å²) in [5.41, 5.74) is 4.07. The van der Waals surface area contributed by atoms with Crippen LogP contribution in [0.3, 0.4) is 0 Å². The molecule has 40 heavy (non-hydrogen) atoms. The monoisotopic (exact) mass is 559 g/mol. The Hall–Kier alpha value is -4.05. The van der Waals surface area contributed by atoms with Gasteiger partial charge in [0.05, 0.1) is 25.0 Å². The highest BCUT2D eigenvalue weighted by Crippen LogP contribution is 2.30. The molecule has 0 saturated heterocycles. The topological polar surface area (TPSA) is 104 Å². The third-order valence-electron chi connectivity index (χ3n) is 6.73. The van der Waals surface area contributed by atoms with Gasteiger partial charge in [0.25, 0.3) is 0 Å². The number of benzene rings is 4. The first-order valence-corrected chi connectivity index (χ1v) is 14.9. The lowest BCUT2D eigenvalue weighted by atomic mass is 10.1. The number of anilines is 1. The van der Waals surface area contributed by atoms with Crippen LogP contribution in [0.25, 0.3) is 21.8 Å². The number of nitrogens with zero attached hydrogens (tertiary/aromatic N) is 1. The largest absolute Gasteiger partial charge is 0.496 e. The quantitative estimate of drug-likeness (QED) is 0.191. The Bertz CT molecular complexity index is 1700. The van der Waals surface area contributed by atoms with Crippen molar-refractivity contribution in [3.8, 4) is 11.5 Å². The van der Waals surface area contributed by atoms with Gasteiger partial charge >= 0.3 is 0 Å². The van der Waals surface area contributed by atoms with Crippen molar-refractivity contribution in [2.75, 3.05) is 37.8 Å². The maximum absolute atomic E-state index is 11.7. The molecule has 4 aromatic carbocycles. The first-order chi connectivity index (χ1) is 19.3. The average molecular weight is 560 g/mol. The Morgan fingerprint density at radius 3 is 2.45 bits per heavy atom. The van der Waals surface area contributed by atoms with Gasteiger partial charge in [-0.15, -0.1) is 0 Å². The zero-order valence-corrected chi connectivity index (χ0v) is 23.3. The number of para-hydroxylation sites is 1.